The number of nitrogens with zero attached hydrogens (tertiary/aromatic N) is 2. The van der Waals surface area contributed by atoms with Crippen molar-refractivity contribution in [1.82, 2.24) is 10.2 Å². The Labute approximate surface area is 220 Å². The number of carbonyl (C=O) groups excluding carboxylic acids is 2. The predicted molar refractivity (Wildman–Crippen MR) is 140 cm³/mol. The van der Waals surface area contributed by atoms with E-state index in [9.17, 15) is 26.8 Å². The van der Waals surface area contributed by atoms with Crippen LogP contribution in [-0.2, 0) is 26.2 Å². The van der Waals surface area contributed by atoms with Crippen LogP contribution in [0.2, 0.25) is 0 Å². The third-order valence-corrected chi connectivity index (χ3v) is 6.94. The lowest BCUT2D eigenvalue weighted by Crippen LogP contribution is -2.52. The van der Waals surface area contributed by atoms with Crippen LogP contribution < -0.4 is 9.62 Å². The molecule has 36 heavy (non-hydrogen) atoms. The van der Waals surface area contributed by atoms with Gasteiger partial charge in [0.15, 0.2) is 11.6 Å². The Balaban J connectivity index is 2.21. The van der Waals surface area contributed by atoms with Crippen LogP contribution in [-0.4, -0.2) is 49.5 Å². The molecule has 0 saturated carbocycles. The van der Waals surface area contributed by atoms with Gasteiger partial charge in [-0.25, -0.2) is 17.2 Å². The molecule has 0 saturated heterocycles. The van der Waals surface area contributed by atoms with Gasteiger partial charge in [-0.15, -0.1) is 0 Å². The van der Waals surface area contributed by atoms with Gasteiger partial charge in [0.05, 0.1) is 11.9 Å². The number of hydrogen-bond donors (Lipinski definition) is 1. The first kappa shape index (κ1) is 29.7. The lowest BCUT2D eigenvalue weighted by molar-refractivity contribution is -0.141. The Morgan fingerprint density at radius 1 is 1.08 bits per heavy atom. The Hall–Kier alpha value is -2.53. The average Bonchev–Trinajstić information content (AvgIpc) is 2.74. The lowest BCUT2D eigenvalue weighted by Gasteiger charge is -2.32. The van der Waals surface area contributed by atoms with Gasteiger partial charge in [-0.2, -0.15) is 0 Å². The first-order valence-corrected chi connectivity index (χ1v) is 14.0. The molecule has 0 fully saturated rings. The molecule has 0 radical (unpaired) electrons. The fraction of sp³-hybridized carbons (Fsp3) is 0.440. The van der Waals surface area contributed by atoms with Crippen molar-refractivity contribution < 1.29 is 26.8 Å². The second-order valence-electron chi connectivity index (χ2n) is 9.60. The molecule has 2 aromatic rings. The van der Waals surface area contributed by atoms with E-state index in [2.05, 4.69) is 21.2 Å². The minimum Gasteiger partial charge on any atom is -0.350 e. The van der Waals surface area contributed by atoms with Gasteiger partial charge in [0.2, 0.25) is 21.8 Å². The summed E-state index contributed by atoms with van der Waals surface area (Å²) >= 11 is 3.41. The molecule has 0 bridgehead atoms. The quantitative estimate of drug-likeness (QED) is 0.440. The molecule has 2 rings (SSSR count). The van der Waals surface area contributed by atoms with Crippen LogP contribution >= 0.6 is 15.9 Å². The minimum absolute atomic E-state index is 0.0345. The number of amides is 2. The van der Waals surface area contributed by atoms with Crippen LogP contribution in [0.1, 0.15) is 46.1 Å². The Morgan fingerprint density at radius 2 is 1.75 bits per heavy atom. The number of anilines is 1. The van der Waals surface area contributed by atoms with Gasteiger partial charge in [-0.3, -0.25) is 13.9 Å². The monoisotopic (exact) mass is 587 g/mol. The fourth-order valence-corrected chi connectivity index (χ4v) is 4.94. The number of hydrogen-bond acceptors (Lipinski definition) is 4. The molecular formula is C25H32BrF2N3O4S. The maximum Gasteiger partial charge on any atom is 0.242 e. The second-order valence-corrected chi connectivity index (χ2v) is 12.4. The fourth-order valence-electron chi connectivity index (χ4n) is 3.53. The van der Waals surface area contributed by atoms with Crippen LogP contribution in [0, 0.1) is 11.6 Å². The maximum absolute atomic E-state index is 13.7. The highest BCUT2D eigenvalue weighted by molar-refractivity contribution is 9.10. The summed E-state index contributed by atoms with van der Waals surface area (Å²) in [6.07, 6.45) is 0.999. The van der Waals surface area contributed by atoms with Crippen molar-refractivity contribution in [1.29, 1.82) is 0 Å². The Bertz CT molecular complexity index is 1200. The SMILES string of the molecule is CC(C(=O)NC(C)(C)C)N(Cc1cccc(Br)c1)C(=O)CCCN(c1ccc(F)c(F)c1)S(C)(=O)=O. The first-order chi connectivity index (χ1) is 16.6. The minimum atomic E-state index is -3.82. The molecule has 0 spiro atoms. The Kier molecular flexibility index (Phi) is 10.0. The zero-order valence-electron chi connectivity index (χ0n) is 21.0. The molecule has 0 aromatic heterocycles. The third-order valence-electron chi connectivity index (χ3n) is 5.25. The lowest BCUT2D eigenvalue weighted by atomic mass is 10.1. The summed E-state index contributed by atoms with van der Waals surface area (Å²) in [5, 5.41) is 2.88. The molecule has 0 heterocycles. The van der Waals surface area contributed by atoms with Crippen molar-refractivity contribution in [3.63, 3.8) is 0 Å². The smallest absolute Gasteiger partial charge is 0.242 e. The summed E-state index contributed by atoms with van der Waals surface area (Å²) in [5.41, 5.74) is 0.288. The molecule has 1 unspecified atom stereocenters. The van der Waals surface area contributed by atoms with Crippen LogP contribution in [0.4, 0.5) is 14.5 Å². The van der Waals surface area contributed by atoms with Crippen molar-refractivity contribution >= 4 is 43.5 Å². The predicted octanol–water partition coefficient (Wildman–Crippen LogP) is 4.61. The van der Waals surface area contributed by atoms with Gasteiger partial charge in [0.1, 0.15) is 6.04 Å². The number of benzene rings is 2. The van der Waals surface area contributed by atoms with Crippen molar-refractivity contribution in [2.45, 2.75) is 58.7 Å². The van der Waals surface area contributed by atoms with Crippen LogP contribution in [0.5, 0.6) is 0 Å². The topological polar surface area (TPSA) is 86.8 Å². The molecule has 198 valence electrons. The molecule has 2 aromatic carbocycles. The second kappa shape index (κ2) is 12.1. The van der Waals surface area contributed by atoms with Crippen molar-refractivity contribution in [3.05, 3.63) is 64.1 Å². The highest BCUT2D eigenvalue weighted by Gasteiger charge is 2.28. The molecule has 0 aliphatic rings. The standard InChI is InChI=1S/C25H32BrF2N3O4S/c1-17(24(33)29-25(2,3)4)30(16-18-8-6-9-19(26)14-18)23(32)10-7-13-31(36(5,34)35)20-11-12-21(27)22(28)15-20/h6,8-9,11-12,14-15,17H,7,10,13,16H2,1-5H3,(H,29,33). The summed E-state index contributed by atoms with van der Waals surface area (Å²) in [4.78, 5) is 27.6. The average molecular weight is 589 g/mol. The highest BCUT2D eigenvalue weighted by atomic mass is 79.9. The summed E-state index contributed by atoms with van der Waals surface area (Å²) < 4.78 is 53.4. The van der Waals surface area contributed by atoms with Gasteiger partial charge < -0.3 is 10.2 Å². The molecule has 11 heteroatoms. The van der Waals surface area contributed by atoms with Crippen LogP contribution in [0.3, 0.4) is 0 Å². The molecule has 1 N–H and O–H groups in total. The normalized spacial score (nSPS) is 12.7. The van der Waals surface area contributed by atoms with E-state index in [4.69, 9.17) is 0 Å². The van der Waals surface area contributed by atoms with Crippen molar-refractivity contribution in [2.75, 3.05) is 17.1 Å². The molecule has 1 atom stereocenters. The summed E-state index contributed by atoms with van der Waals surface area (Å²) in [5.74, 6) is -2.92. The summed E-state index contributed by atoms with van der Waals surface area (Å²) in [6, 6.07) is 9.40. The van der Waals surface area contributed by atoms with E-state index in [1.165, 1.54) is 11.0 Å². The number of halogens is 3. The molecule has 0 aliphatic heterocycles. The van der Waals surface area contributed by atoms with E-state index in [0.717, 1.165) is 32.7 Å². The van der Waals surface area contributed by atoms with Gasteiger partial charge >= 0.3 is 0 Å². The van der Waals surface area contributed by atoms with Gasteiger partial charge in [0, 0.05) is 35.6 Å². The highest BCUT2D eigenvalue weighted by Crippen LogP contribution is 2.22. The maximum atomic E-state index is 13.7. The zero-order chi connectivity index (χ0) is 27.3. The number of rotatable bonds is 10. The number of sulfonamides is 1. The largest absolute Gasteiger partial charge is 0.350 e. The zero-order valence-corrected chi connectivity index (χ0v) is 23.4. The van der Waals surface area contributed by atoms with E-state index < -0.39 is 33.2 Å². The molecular weight excluding hydrogens is 556 g/mol. The first-order valence-electron chi connectivity index (χ1n) is 11.4. The Morgan fingerprint density at radius 3 is 2.31 bits per heavy atom. The van der Waals surface area contributed by atoms with Gasteiger partial charge in [-0.05, 0) is 63.9 Å². The van der Waals surface area contributed by atoms with Crippen molar-refractivity contribution in [2.24, 2.45) is 0 Å². The third kappa shape index (κ3) is 8.85. The van der Waals surface area contributed by atoms with Gasteiger partial charge in [-0.1, -0.05) is 28.1 Å². The summed E-state index contributed by atoms with van der Waals surface area (Å²) in [7, 11) is -3.82. The molecule has 7 nitrogen and oxygen atoms in total. The van der Waals surface area contributed by atoms with Crippen LogP contribution in [0.25, 0.3) is 0 Å². The molecule has 0 aliphatic carbocycles. The van der Waals surface area contributed by atoms with Gasteiger partial charge in [0.25, 0.3) is 0 Å². The van der Waals surface area contributed by atoms with Crippen LogP contribution in [0.15, 0.2) is 46.9 Å². The van der Waals surface area contributed by atoms with E-state index in [0.29, 0.717) is 0 Å². The van der Waals surface area contributed by atoms with E-state index in [1.807, 2.05) is 45.0 Å². The number of nitrogens with one attached hydrogen (secondary N) is 1. The summed E-state index contributed by atoms with van der Waals surface area (Å²) in [6.45, 7) is 7.22. The molecule has 2 amide bonds. The van der Waals surface area contributed by atoms with Crippen molar-refractivity contribution in [3.8, 4) is 0 Å². The van der Waals surface area contributed by atoms with E-state index >= 15 is 0 Å². The van der Waals surface area contributed by atoms with E-state index in [1.54, 1.807) is 6.92 Å². The van der Waals surface area contributed by atoms with E-state index in [-0.39, 0.29) is 43.4 Å². The number of carbonyl (C=O) groups is 2.